The van der Waals surface area contributed by atoms with Crippen LogP contribution in [0.15, 0.2) is 141 Å². The molecule has 0 saturated carbocycles. The largest absolute Gasteiger partial charge is 0.294 e. The van der Waals surface area contributed by atoms with Gasteiger partial charge in [0.15, 0.2) is 23.1 Å². The first-order valence-electron chi connectivity index (χ1n) is 17.4. The summed E-state index contributed by atoms with van der Waals surface area (Å²) in [5.74, 6) is -3.79. The average Bonchev–Trinajstić information content (AvgIpc) is 3.19. The van der Waals surface area contributed by atoms with Crippen molar-refractivity contribution >= 4 is 63.6 Å². The van der Waals surface area contributed by atoms with Crippen LogP contribution in [0.2, 0.25) is 0 Å². The molecule has 0 saturated heterocycles. The first-order valence-corrected chi connectivity index (χ1v) is 23.2. The molecule has 0 radical (unpaired) electrons. The van der Waals surface area contributed by atoms with E-state index in [1.165, 1.54) is 48.5 Å². The number of Topliss-reactive ketones (excluding diaryl/α,β-unsaturated/α-hetero) is 4. The lowest BCUT2D eigenvalue weighted by Gasteiger charge is -2.20. The number of benzene rings is 5. The Hall–Kier alpha value is -5.58. The van der Waals surface area contributed by atoms with E-state index in [1.807, 2.05) is 0 Å². The standard InChI is InChI=1S/C40H34O16S4/c41-37(27-5-13-33(14-6-27)57(45,46)47)21-31(22-38(42)28-7-15-34(16-8-28)58(48,49)50)25-1-2-26(4-3-25)32(23-39(43)29-9-17-35(18-10-29)59(51,52)53)24-40(44)30-11-19-36(20-12-30)60(54,55)56/h1-20,31-32H,21-24H2,(H,45,46,47)(H,48,49,50)(H,51,52,53)(H,54,55,56). The maximum atomic E-state index is 13.5. The van der Waals surface area contributed by atoms with Crippen molar-refractivity contribution in [1.82, 2.24) is 0 Å². The summed E-state index contributed by atoms with van der Waals surface area (Å²) >= 11 is 0. The van der Waals surface area contributed by atoms with Gasteiger partial charge in [-0.3, -0.25) is 37.4 Å². The van der Waals surface area contributed by atoms with E-state index >= 15 is 0 Å². The van der Waals surface area contributed by atoms with E-state index in [4.69, 9.17) is 0 Å². The van der Waals surface area contributed by atoms with Crippen LogP contribution in [0.3, 0.4) is 0 Å². The number of ketones is 4. The van der Waals surface area contributed by atoms with Gasteiger partial charge in [0, 0.05) is 47.9 Å². The minimum atomic E-state index is -4.56. The van der Waals surface area contributed by atoms with E-state index in [2.05, 4.69) is 0 Å². The second-order valence-corrected chi connectivity index (χ2v) is 19.3. The monoisotopic (exact) mass is 898 g/mol. The molecule has 0 atom stereocenters. The van der Waals surface area contributed by atoms with E-state index in [0.29, 0.717) is 11.1 Å². The second-order valence-electron chi connectivity index (χ2n) is 13.6. The molecule has 0 heterocycles. The molecule has 20 heteroatoms. The van der Waals surface area contributed by atoms with Crippen LogP contribution in [-0.4, -0.2) is 75.0 Å². The molecule has 314 valence electrons. The fourth-order valence-corrected chi connectivity index (χ4v) is 8.19. The highest BCUT2D eigenvalue weighted by molar-refractivity contribution is 7.86. The highest BCUT2D eigenvalue weighted by Crippen LogP contribution is 2.33. The van der Waals surface area contributed by atoms with Crippen LogP contribution in [0, 0.1) is 0 Å². The van der Waals surface area contributed by atoms with Crippen molar-refractivity contribution in [3.05, 3.63) is 155 Å². The minimum Gasteiger partial charge on any atom is -0.294 e. The lowest BCUT2D eigenvalue weighted by atomic mass is 9.83. The summed E-state index contributed by atoms with van der Waals surface area (Å²) in [7, 11) is -18.2. The summed E-state index contributed by atoms with van der Waals surface area (Å²) in [5, 5.41) is 0. The van der Waals surface area contributed by atoms with Gasteiger partial charge in [0.2, 0.25) is 0 Å². The normalized spacial score (nSPS) is 12.4. The lowest BCUT2D eigenvalue weighted by Crippen LogP contribution is -2.15. The first-order chi connectivity index (χ1) is 27.9. The van der Waals surface area contributed by atoms with Crippen molar-refractivity contribution in [1.29, 1.82) is 0 Å². The van der Waals surface area contributed by atoms with Gasteiger partial charge in [-0.2, -0.15) is 33.7 Å². The number of carbonyl (C=O) groups is 4. The number of hydrogen-bond donors (Lipinski definition) is 4. The van der Waals surface area contributed by atoms with Gasteiger partial charge < -0.3 is 0 Å². The predicted octanol–water partition coefficient (Wildman–Crippen LogP) is 5.93. The van der Waals surface area contributed by atoms with E-state index < -0.39 is 95.0 Å². The molecule has 0 aromatic heterocycles. The van der Waals surface area contributed by atoms with Crippen molar-refractivity contribution in [2.24, 2.45) is 0 Å². The van der Waals surface area contributed by atoms with Gasteiger partial charge in [-0.05, 0) is 71.5 Å². The molecule has 0 amide bonds. The summed E-state index contributed by atoms with van der Waals surface area (Å²) in [6.07, 6.45) is -1.23. The molecule has 0 fully saturated rings. The summed E-state index contributed by atoms with van der Waals surface area (Å²) in [5.41, 5.74) is 1.09. The predicted molar refractivity (Wildman–Crippen MR) is 213 cm³/mol. The maximum Gasteiger partial charge on any atom is 0.294 e. The molecule has 0 bridgehead atoms. The van der Waals surface area contributed by atoms with Gasteiger partial charge >= 0.3 is 0 Å². The van der Waals surface area contributed by atoms with Crippen molar-refractivity contribution in [3.8, 4) is 0 Å². The topological polar surface area (TPSA) is 286 Å². The smallest absolute Gasteiger partial charge is 0.294 e. The number of rotatable bonds is 18. The van der Waals surface area contributed by atoms with E-state index in [9.17, 15) is 71.1 Å². The SMILES string of the molecule is O=C(CC(CC(=O)c1ccc(S(=O)(=O)O)cc1)c1ccc(C(CC(=O)c2ccc(S(=O)(=O)O)cc2)CC(=O)c2ccc(S(=O)(=O)O)cc2)cc1)c1ccc(S(=O)(=O)O)cc1. The van der Waals surface area contributed by atoms with Crippen LogP contribution < -0.4 is 0 Å². The minimum absolute atomic E-state index is 0.0558. The summed E-state index contributed by atoms with van der Waals surface area (Å²) < 4.78 is 130. The fraction of sp³-hybridized carbons (Fsp3) is 0.150. The van der Waals surface area contributed by atoms with Crippen LogP contribution in [0.4, 0.5) is 0 Å². The summed E-state index contributed by atoms with van der Waals surface area (Å²) in [6.45, 7) is 0. The van der Waals surface area contributed by atoms with Crippen molar-refractivity contribution in [2.75, 3.05) is 0 Å². The fourth-order valence-electron chi connectivity index (χ4n) is 6.27. The zero-order chi connectivity index (χ0) is 44.2. The first kappa shape index (κ1) is 45.5. The number of hydrogen-bond acceptors (Lipinski definition) is 12. The molecule has 0 spiro atoms. The third-order valence-electron chi connectivity index (χ3n) is 9.50. The van der Waals surface area contributed by atoms with Crippen LogP contribution in [0.1, 0.15) is 90.1 Å². The summed E-state index contributed by atoms with van der Waals surface area (Å²) in [4.78, 5) is 52.2. The molecule has 0 aliphatic rings. The third-order valence-corrected chi connectivity index (χ3v) is 13.0. The summed E-state index contributed by atoms with van der Waals surface area (Å²) in [6, 6.07) is 24.0. The Balaban J connectivity index is 1.48. The Kier molecular flexibility index (Phi) is 13.6. The molecule has 60 heavy (non-hydrogen) atoms. The van der Waals surface area contributed by atoms with Gasteiger partial charge in [0.1, 0.15) is 0 Å². The number of carbonyl (C=O) groups excluding carboxylic acids is 4. The second kappa shape index (κ2) is 18.0. The Bertz CT molecular complexity index is 2510. The Morgan fingerprint density at radius 1 is 0.317 bits per heavy atom. The van der Waals surface area contributed by atoms with Crippen molar-refractivity contribution in [3.63, 3.8) is 0 Å². The lowest BCUT2D eigenvalue weighted by molar-refractivity contribution is 0.0927. The Labute approximate surface area is 344 Å². The van der Waals surface area contributed by atoms with Crippen molar-refractivity contribution < 1.29 is 71.1 Å². The molecule has 5 rings (SSSR count). The molecule has 16 nitrogen and oxygen atoms in total. The van der Waals surface area contributed by atoms with Gasteiger partial charge in [-0.1, -0.05) is 72.8 Å². The average molecular weight is 899 g/mol. The molecular weight excluding hydrogens is 865 g/mol. The highest BCUT2D eigenvalue weighted by atomic mass is 32.2. The molecule has 4 N–H and O–H groups in total. The van der Waals surface area contributed by atoms with Crippen LogP contribution >= 0.6 is 0 Å². The van der Waals surface area contributed by atoms with E-state index in [1.54, 1.807) is 24.3 Å². The molecule has 0 unspecified atom stereocenters. The van der Waals surface area contributed by atoms with Gasteiger partial charge in [0.05, 0.1) is 19.6 Å². The Morgan fingerprint density at radius 3 is 0.633 bits per heavy atom. The van der Waals surface area contributed by atoms with Gasteiger partial charge in [-0.15, -0.1) is 0 Å². The maximum absolute atomic E-state index is 13.5. The zero-order valence-corrected chi connectivity index (χ0v) is 34.1. The quantitative estimate of drug-likeness (QED) is 0.0585. The van der Waals surface area contributed by atoms with Crippen LogP contribution in [0.25, 0.3) is 0 Å². The Morgan fingerprint density at radius 2 is 0.483 bits per heavy atom. The van der Waals surface area contributed by atoms with E-state index in [-0.39, 0.29) is 47.9 Å². The highest BCUT2D eigenvalue weighted by Gasteiger charge is 2.26. The third kappa shape index (κ3) is 11.8. The molecule has 5 aromatic carbocycles. The molecule has 0 aliphatic heterocycles. The van der Waals surface area contributed by atoms with Gasteiger partial charge in [0.25, 0.3) is 40.5 Å². The van der Waals surface area contributed by atoms with Gasteiger partial charge in [-0.25, -0.2) is 0 Å². The van der Waals surface area contributed by atoms with E-state index in [0.717, 1.165) is 48.5 Å². The zero-order valence-electron chi connectivity index (χ0n) is 30.9. The molecular formula is C40H34O16S4. The van der Waals surface area contributed by atoms with Crippen LogP contribution in [-0.2, 0) is 40.5 Å². The molecule has 5 aromatic rings. The van der Waals surface area contributed by atoms with Crippen LogP contribution in [0.5, 0.6) is 0 Å². The molecule has 0 aliphatic carbocycles. The van der Waals surface area contributed by atoms with Crippen molar-refractivity contribution in [2.45, 2.75) is 57.1 Å².